The summed E-state index contributed by atoms with van der Waals surface area (Å²) in [7, 11) is 0. The first-order valence-corrected chi connectivity index (χ1v) is 8.63. The van der Waals surface area contributed by atoms with E-state index in [0.29, 0.717) is 0 Å². The van der Waals surface area contributed by atoms with Crippen LogP contribution in [0.15, 0.2) is 49.1 Å². The number of hydrogen-bond donors (Lipinski definition) is 2. The summed E-state index contributed by atoms with van der Waals surface area (Å²) < 4.78 is 0. The molecule has 23 heavy (non-hydrogen) atoms. The van der Waals surface area contributed by atoms with E-state index in [1.54, 1.807) is 12.2 Å². The fourth-order valence-corrected chi connectivity index (χ4v) is 2.67. The molecule has 3 heteroatoms. The second-order valence-electron chi connectivity index (χ2n) is 6.08. The third-order valence-electron chi connectivity index (χ3n) is 4.04. The van der Waals surface area contributed by atoms with Crippen molar-refractivity contribution >= 4 is 6.09 Å². The molecule has 1 unspecified atom stereocenters. The molecule has 0 aliphatic heterocycles. The summed E-state index contributed by atoms with van der Waals surface area (Å²) in [4.78, 5) is 11.2. The van der Waals surface area contributed by atoms with Crippen LogP contribution in [0.4, 0.5) is 4.79 Å². The Balaban J connectivity index is 4.66. The zero-order chi connectivity index (χ0) is 17.6. The third-order valence-corrected chi connectivity index (χ3v) is 4.04. The average Bonchev–Trinajstić information content (AvgIpc) is 2.50. The minimum absolute atomic E-state index is 0.609. The normalized spacial score (nSPS) is 14.4. The Bertz CT molecular complexity index is 423. The standard InChI is InChI=1S/C20H33NO2/c1-5-8-10-11-12-13-15-17-20(4,21-19(22)23)18(7-3)16-14-9-6-2/h6-7,9,14,16,21H,2-3,5,8,10-13,15,17H2,1,4H3,(H,22,23)/b14-9-,18-16+. The first kappa shape index (κ1) is 21.2. The van der Waals surface area contributed by atoms with Gasteiger partial charge in [0.25, 0.3) is 0 Å². The van der Waals surface area contributed by atoms with Crippen LogP contribution >= 0.6 is 0 Å². The van der Waals surface area contributed by atoms with Crippen molar-refractivity contribution in [2.24, 2.45) is 0 Å². The maximum Gasteiger partial charge on any atom is 0.405 e. The van der Waals surface area contributed by atoms with Crippen molar-refractivity contribution in [2.75, 3.05) is 0 Å². The molecule has 0 rings (SSSR count). The number of rotatable bonds is 13. The maximum atomic E-state index is 11.2. The van der Waals surface area contributed by atoms with Gasteiger partial charge in [0.05, 0.1) is 5.54 Å². The molecule has 130 valence electrons. The van der Waals surface area contributed by atoms with Gasteiger partial charge in [0.15, 0.2) is 0 Å². The molecule has 0 aromatic heterocycles. The molecule has 0 radical (unpaired) electrons. The van der Waals surface area contributed by atoms with Crippen LogP contribution in [-0.2, 0) is 0 Å². The Morgan fingerprint density at radius 2 is 1.70 bits per heavy atom. The molecule has 2 N–H and O–H groups in total. The van der Waals surface area contributed by atoms with Crippen molar-refractivity contribution in [1.82, 2.24) is 5.32 Å². The highest BCUT2D eigenvalue weighted by atomic mass is 16.4. The summed E-state index contributed by atoms with van der Waals surface area (Å²) in [5, 5.41) is 11.8. The van der Waals surface area contributed by atoms with Gasteiger partial charge in [0.1, 0.15) is 0 Å². The summed E-state index contributed by atoms with van der Waals surface area (Å²) >= 11 is 0. The van der Waals surface area contributed by atoms with Gasteiger partial charge in [-0.2, -0.15) is 0 Å². The van der Waals surface area contributed by atoms with Crippen molar-refractivity contribution in [3.8, 4) is 0 Å². The van der Waals surface area contributed by atoms with Crippen molar-refractivity contribution in [1.29, 1.82) is 0 Å². The topological polar surface area (TPSA) is 49.3 Å². The van der Waals surface area contributed by atoms with E-state index in [1.165, 1.54) is 32.1 Å². The Labute approximate surface area is 141 Å². The smallest absolute Gasteiger partial charge is 0.405 e. The molecular weight excluding hydrogens is 286 g/mol. The fraction of sp³-hybridized carbons (Fsp3) is 0.550. The van der Waals surface area contributed by atoms with Crippen LogP contribution in [0.25, 0.3) is 0 Å². The van der Waals surface area contributed by atoms with E-state index < -0.39 is 11.6 Å². The summed E-state index contributed by atoms with van der Waals surface area (Å²) in [5.74, 6) is 0. The lowest BCUT2D eigenvalue weighted by Crippen LogP contribution is -2.46. The van der Waals surface area contributed by atoms with Crippen LogP contribution in [0.5, 0.6) is 0 Å². The number of amides is 1. The SMILES string of the molecule is C=C/C=C\C=C(/C=C)C(C)(CCCCCCCCC)NC(=O)O. The Morgan fingerprint density at radius 3 is 2.22 bits per heavy atom. The predicted molar refractivity (Wildman–Crippen MR) is 99.8 cm³/mol. The van der Waals surface area contributed by atoms with Crippen LogP contribution in [0.1, 0.15) is 65.2 Å². The molecule has 0 aromatic carbocycles. The van der Waals surface area contributed by atoms with Gasteiger partial charge in [-0.25, -0.2) is 4.79 Å². The minimum atomic E-state index is -1.00. The predicted octanol–water partition coefficient (Wildman–Crippen LogP) is 6.01. The molecule has 1 amide bonds. The van der Waals surface area contributed by atoms with Gasteiger partial charge in [-0.15, -0.1) is 0 Å². The lowest BCUT2D eigenvalue weighted by molar-refractivity contribution is 0.182. The van der Waals surface area contributed by atoms with Gasteiger partial charge in [0.2, 0.25) is 0 Å². The molecule has 0 aliphatic carbocycles. The van der Waals surface area contributed by atoms with Crippen molar-refractivity contribution < 1.29 is 9.90 Å². The Kier molecular flexibility index (Phi) is 11.8. The lowest BCUT2D eigenvalue weighted by Gasteiger charge is -2.31. The number of carboxylic acid groups (broad SMARTS) is 1. The molecule has 3 nitrogen and oxygen atoms in total. The Hall–Kier alpha value is -1.77. The maximum absolute atomic E-state index is 11.2. The second kappa shape index (κ2) is 12.7. The summed E-state index contributed by atoms with van der Waals surface area (Å²) in [6.07, 6.45) is 17.2. The molecule has 0 aliphatic rings. The van der Waals surface area contributed by atoms with Crippen molar-refractivity contribution in [3.63, 3.8) is 0 Å². The van der Waals surface area contributed by atoms with E-state index in [2.05, 4.69) is 25.4 Å². The van der Waals surface area contributed by atoms with Gasteiger partial charge in [-0.05, 0) is 18.9 Å². The van der Waals surface area contributed by atoms with Gasteiger partial charge in [-0.1, -0.05) is 95.4 Å². The Morgan fingerprint density at radius 1 is 1.09 bits per heavy atom. The minimum Gasteiger partial charge on any atom is -0.465 e. The van der Waals surface area contributed by atoms with Gasteiger partial charge < -0.3 is 10.4 Å². The quantitative estimate of drug-likeness (QED) is 0.323. The van der Waals surface area contributed by atoms with Crippen LogP contribution in [-0.4, -0.2) is 16.7 Å². The number of carbonyl (C=O) groups is 1. The van der Waals surface area contributed by atoms with E-state index in [1.807, 2.05) is 25.2 Å². The highest BCUT2D eigenvalue weighted by molar-refractivity contribution is 5.67. The van der Waals surface area contributed by atoms with E-state index in [0.717, 1.165) is 24.8 Å². The van der Waals surface area contributed by atoms with Gasteiger partial charge in [-0.3, -0.25) is 0 Å². The van der Waals surface area contributed by atoms with E-state index in [-0.39, 0.29) is 0 Å². The lowest BCUT2D eigenvalue weighted by atomic mass is 9.85. The summed E-state index contributed by atoms with van der Waals surface area (Å²) in [6, 6.07) is 0. The van der Waals surface area contributed by atoms with Crippen LogP contribution < -0.4 is 5.32 Å². The van der Waals surface area contributed by atoms with Crippen LogP contribution in [0, 0.1) is 0 Å². The molecular formula is C20H33NO2. The highest BCUT2D eigenvalue weighted by Crippen LogP contribution is 2.25. The molecule has 0 saturated heterocycles. The monoisotopic (exact) mass is 319 g/mol. The summed E-state index contributed by atoms with van der Waals surface area (Å²) in [5.41, 5.74) is 0.270. The molecule has 1 atom stereocenters. The fourth-order valence-electron chi connectivity index (χ4n) is 2.67. The molecule has 0 aromatic rings. The molecule has 0 heterocycles. The zero-order valence-corrected chi connectivity index (χ0v) is 14.8. The number of hydrogen-bond acceptors (Lipinski definition) is 1. The average molecular weight is 319 g/mol. The number of unbranched alkanes of at least 4 members (excludes halogenated alkanes) is 6. The summed E-state index contributed by atoms with van der Waals surface area (Å²) in [6.45, 7) is 11.6. The largest absolute Gasteiger partial charge is 0.465 e. The highest BCUT2D eigenvalue weighted by Gasteiger charge is 2.28. The zero-order valence-electron chi connectivity index (χ0n) is 14.8. The van der Waals surface area contributed by atoms with E-state index in [9.17, 15) is 4.79 Å². The van der Waals surface area contributed by atoms with Gasteiger partial charge >= 0.3 is 6.09 Å². The number of nitrogens with one attached hydrogen (secondary N) is 1. The van der Waals surface area contributed by atoms with Crippen LogP contribution in [0.3, 0.4) is 0 Å². The molecule has 0 fully saturated rings. The third kappa shape index (κ3) is 9.77. The first-order valence-electron chi connectivity index (χ1n) is 8.63. The van der Waals surface area contributed by atoms with Crippen molar-refractivity contribution in [3.05, 3.63) is 49.1 Å². The molecule has 0 spiro atoms. The number of allylic oxidation sites excluding steroid dienone is 4. The van der Waals surface area contributed by atoms with Crippen LogP contribution in [0.2, 0.25) is 0 Å². The van der Waals surface area contributed by atoms with E-state index in [4.69, 9.17) is 5.11 Å². The van der Waals surface area contributed by atoms with E-state index >= 15 is 0 Å². The molecule has 0 saturated carbocycles. The second-order valence-corrected chi connectivity index (χ2v) is 6.08. The molecule has 0 bridgehead atoms. The first-order chi connectivity index (χ1) is 11.0. The van der Waals surface area contributed by atoms with Gasteiger partial charge in [0, 0.05) is 0 Å². The van der Waals surface area contributed by atoms with Crippen molar-refractivity contribution in [2.45, 2.75) is 70.8 Å².